The summed E-state index contributed by atoms with van der Waals surface area (Å²) in [6, 6.07) is 2.68. The third-order valence-corrected chi connectivity index (χ3v) is 5.03. The molecule has 1 aliphatic heterocycles. The molecule has 0 atom stereocenters. The highest BCUT2D eigenvalue weighted by Crippen LogP contribution is 2.21. The fraction of sp³-hybridized carbons (Fsp3) is 0.455. The molecule has 1 aromatic carbocycles. The largest absolute Gasteiger partial charge is 0.444 e. The molecule has 1 aromatic heterocycles. The molecule has 1 fully saturated rings. The first-order chi connectivity index (χ1) is 15.0. The number of nitrogens with zero attached hydrogens (tertiary/aromatic N) is 4. The van der Waals surface area contributed by atoms with Gasteiger partial charge in [0, 0.05) is 37.8 Å². The number of hydrogen-bond donors (Lipinski definition) is 1. The van der Waals surface area contributed by atoms with Gasteiger partial charge in [0.1, 0.15) is 17.2 Å². The Balaban J connectivity index is 1.54. The maximum Gasteiger partial charge on any atom is 0.410 e. The highest BCUT2D eigenvalue weighted by Gasteiger charge is 2.30. The van der Waals surface area contributed by atoms with E-state index >= 15 is 0 Å². The van der Waals surface area contributed by atoms with Gasteiger partial charge in [-0.2, -0.15) is 0 Å². The number of hydrogen-bond acceptors (Lipinski definition) is 5. The summed E-state index contributed by atoms with van der Waals surface area (Å²) >= 11 is 0. The van der Waals surface area contributed by atoms with Crippen LogP contribution < -0.4 is 5.32 Å². The maximum absolute atomic E-state index is 13.4. The topological polar surface area (TPSA) is 87.7 Å². The van der Waals surface area contributed by atoms with E-state index in [2.05, 4.69) is 15.3 Å². The van der Waals surface area contributed by atoms with E-state index in [0.29, 0.717) is 25.9 Å². The molecule has 3 amide bonds. The van der Waals surface area contributed by atoms with Gasteiger partial charge >= 0.3 is 12.1 Å². The maximum atomic E-state index is 13.4. The molecular weight excluding hydrogens is 420 g/mol. The number of amides is 3. The minimum atomic E-state index is -0.710. The molecule has 2 aromatic rings. The van der Waals surface area contributed by atoms with E-state index in [0.717, 1.165) is 18.2 Å². The van der Waals surface area contributed by atoms with Crippen molar-refractivity contribution in [2.45, 2.75) is 45.3 Å². The molecule has 0 spiro atoms. The zero-order valence-electron chi connectivity index (χ0n) is 18.6. The van der Waals surface area contributed by atoms with Crippen molar-refractivity contribution in [3.8, 4) is 11.3 Å². The molecule has 2 heterocycles. The first-order valence-corrected chi connectivity index (χ1v) is 10.3. The van der Waals surface area contributed by atoms with Crippen molar-refractivity contribution in [3.05, 3.63) is 42.2 Å². The van der Waals surface area contributed by atoms with Gasteiger partial charge in [0.15, 0.2) is 5.82 Å². The Kier molecular flexibility index (Phi) is 6.90. The standard InChI is InChI=1S/C22H27F2N5O3/c1-22(2,3)32-21(31)29-7-5-17(6-8-29)28(4)20(30)27-19-13-25-18(12-26-19)14-9-15(23)11-16(24)10-14/h9-13,17H,5-8H2,1-4H3,(H,26,27,30). The Bertz CT molecular complexity index is 950. The second-order valence-electron chi connectivity index (χ2n) is 8.68. The van der Waals surface area contributed by atoms with Gasteiger partial charge in [-0.1, -0.05) is 0 Å². The molecule has 1 saturated heterocycles. The number of aromatic nitrogens is 2. The van der Waals surface area contributed by atoms with E-state index in [9.17, 15) is 18.4 Å². The van der Waals surface area contributed by atoms with E-state index < -0.39 is 17.2 Å². The van der Waals surface area contributed by atoms with Crippen LogP contribution in [0.4, 0.5) is 24.2 Å². The highest BCUT2D eigenvalue weighted by atomic mass is 19.1. The highest BCUT2D eigenvalue weighted by molar-refractivity contribution is 5.88. The molecule has 10 heteroatoms. The van der Waals surface area contributed by atoms with Gasteiger partial charge in [-0.15, -0.1) is 0 Å². The predicted molar refractivity (Wildman–Crippen MR) is 115 cm³/mol. The van der Waals surface area contributed by atoms with E-state index in [1.807, 2.05) is 20.8 Å². The van der Waals surface area contributed by atoms with Crippen LogP contribution in [-0.2, 0) is 4.74 Å². The number of likely N-dealkylation sites (tertiary alicyclic amines) is 1. The summed E-state index contributed by atoms with van der Waals surface area (Å²) in [5.41, 5.74) is -0.0182. The second kappa shape index (κ2) is 9.46. The van der Waals surface area contributed by atoms with Crippen LogP contribution in [0.15, 0.2) is 30.6 Å². The molecule has 1 aliphatic rings. The molecule has 0 unspecified atom stereocenters. The molecule has 32 heavy (non-hydrogen) atoms. The first kappa shape index (κ1) is 23.4. The van der Waals surface area contributed by atoms with Crippen LogP contribution in [0.1, 0.15) is 33.6 Å². The number of halogens is 2. The number of piperidine rings is 1. The lowest BCUT2D eigenvalue weighted by molar-refractivity contribution is 0.0174. The Labute approximate surface area is 185 Å². The molecule has 0 saturated carbocycles. The lowest BCUT2D eigenvalue weighted by Crippen LogP contribution is -2.49. The number of anilines is 1. The number of nitrogens with one attached hydrogen (secondary N) is 1. The van der Waals surface area contributed by atoms with Crippen LogP contribution in [0, 0.1) is 11.6 Å². The summed E-state index contributed by atoms with van der Waals surface area (Å²) in [5, 5.41) is 2.67. The van der Waals surface area contributed by atoms with Gasteiger partial charge in [-0.3, -0.25) is 10.3 Å². The van der Waals surface area contributed by atoms with Crippen molar-refractivity contribution in [2.24, 2.45) is 0 Å². The molecule has 0 aliphatic carbocycles. The summed E-state index contributed by atoms with van der Waals surface area (Å²) in [6.07, 6.45) is 3.56. The smallest absolute Gasteiger partial charge is 0.410 e. The van der Waals surface area contributed by atoms with Gasteiger partial charge < -0.3 is 14.5 Å². The Morgan fingerprint density at radius 2 is 1.72 bits per heavy atom. The zero-order valence-corrected chi connectivity index (χ0v) is 18.6. The molecule has 1 N–H and O–H groups in total. The van der Waals surface area contributed by atoms with Crippen molar-refractivity contribution in [3.63, 3.8) is 0 Å². The van der Waals surface area contributed by atoms with Gasteiger partial charge in [-0.25, -0.2) is 23.4 Å². The molecule has 8 nitrogen and oxygen atoms in total. The van der Waals surface area contributed by atoms with Crippen molar-refractivity contribution in [1.29, 1.82) is 0 Å². The Morgan fingerprint density at radius 1 is 1.09 bits per heavy atom. The second-order valence-corrected chi connectivity index (χ2v) is 8.68. The van der Waals surface area contributed by atoms with Crippen LogP contribution in [-0.4, -0.2) is 63.7 Å². The Morgan fingerprint density at radius 3 is 2.25 bits per heavy atom. The number of rotatable bonds is 3. The van der Waals surface area contributed by atoms with Gasteiger partial charge in [-0.05, 0) is 45.7 Å². The van der Waals surface area contributed by atoms with Crippen molar-refractivity contribution >= 4 is 17.9 Å². The van der Waals surface area contributed by atoms with E-state index in [-0.39, 0.29) is 35.2 Å². The molecule has 0 radical (unpaired) electrons. The fourth-order valence-electron chi connectivity index (χ4n) is 3.37. The van der Waals surface area contributed by atoms with Crippen LogP contribution in [0.2, 0.25) is 0 Å². The van der Waals surface area contributed by atoms with Crippen molar-refractivity contribution in [1.82, 2.24) is 19.8 Å². The van der Waals surface area contributed by atoms with Crippen LogP contribution >= 0.6 is 0 Å². The van der Waals surface area contributed by atoms with E-state index in [4.69, 9.17) is 4.74 Å². The van der Waals surface area contributed by atoms with Crippen molar-refractivity contribution < 1.29 is 23.1 Å². The number of carbonyl (C=O) groups is 2. The average Bonchev–Trinajstić information content (AvgIpc) is 2.72. The van der Waals surface area contributed by atoms with Gasteiger partial charge in [0.05, 0.1) is 18.1 Å². The number of ether oxygens (including phenoxy) is 1. The third kappa shape index (κ3) is 6.12. The van der Waals surface area contributed by atoms with E-state index in [1.54, 1.807) is 16.8 Å². The van der Waals surface area contributed by atoms with Gasteiger partial charge in [0.25, 0.3) is 0 Å². The lowest BCUT2D eigenvalue weighted by atomic mass is 10.0. The molecule has 0 bridgehead atoms. The van der Waals surface area contributed by atoms with Crippen LogP contribution in [0.5, 0.6) is 0 Å². The van der Waals surface area contributed by atoms with Crippen LogP contribution in [0.25, 0.3) is 11.3 Å². The predicted octanol–water partition coefficient (Wildman–Crippen LogP) is 4.29. The number of carbonyl (C=O) groups excluding carboxylic acids is 2. The number of urea groups is 1. The van der Waals surface area contributed by atoms with Crippen LogP contribution in [0.3, 0.4) is 0 Å². The Hall–Kier alpha value is -3.30. The number of benzene rings is 1. The summed E-state index contributed by atoms with van der Waals surface area (Å²) in [6.45, 7) is 6.45. The normalized spacial score (nSPS) is 14.8. The average molecular weight is 447 g/mol. The summed E-state index contributed by atoms with van der Waals surface area (Å²) in [4.78, 5) is 36.3. The minimum absolute atomic E-state index is 0.0452. The third-order valence-electron chi connectivity index (χ3n) is 5.03. The quantitative estimate of drug-likeness (QED) is 0.759. The zero-order chi connectivity index (χ0) is 23.5. The molecule has 3 rings (SSSR count). The summed E-state index contributed by atoms with van der Waals surface area (Å²) < 4.78 is 32.2. The first-order valence-electron chi connectivity index (χ1n) is 10.3. The van der Waals surface area contributed by atoms with Gasteiger partial charge in [0.2, 0.25) is 0 Å². The fourth-order valence-corrected chi connectivity index (χ4v) is 3.37. The molecular formula is C22H27F2N5O3. The minimum Gasteiger partial charge on any atom is -0.444 e. The molecule has 172 valence electrons. The lowest BCUT2D eigenvalue weighted by Gasteiger charge is -2.37. The summed E-state index contributed by atoms with van der Waals surface area (Å²) in [7, 11) is 1.68. The van der Waals surface area contributed by atoms with E-state index in [1.165, 1.54) is 12.4 Å². The summed E-state index contributed by atoms with van der Waals surface area (Å²) in [5.74, 6) is -1.20. The van der Waals surface area contributed by atoms with Crippen molar-refractivity contribution in [2.75, 3.05) is 25.5 Å². The SMILES string of the molecule is CN(C(=O)Nc1cnc(-c2cc(F)cc(F)c2)cn1)C1CCN(C(=O)OC(C)(C)C)CC1. The monoisotopic (exact) mass is 447 g/mol.